The predicted molar refractivity (Wildman–Crippen MR) is 72.5 cm³/mol. The molecule has 0 saturated carbocycles. The van der Waals surface area contributed by atoms with Gasteiger partial charge in [0.15, 0.2) is 6.10 Å². The topological polar surface area (TPSA) is 112 Å². The number of primary amides is 1. The summed E-state index contributed by atoms with van der Waals surface area (Å²) in [5, 5.41) is 5.01. The summed E-state index contributed by atoms with van der Waals surface area (Å²) in [7, 11) is -3.82. The fraction of sp³-hybridized carbons (Fsp3) is 0.222. The van der Waals surface area contributed by atoms with Crippen LogP contribution in [0.1, 0.15) is 6.92 Å². The largest absolute Gasteiger partial charge is 0.479 e. The van der Waals surface area contributed by atoms with Gasteiger partial charge in [-0.05, 0) is 50.9 Å². The normalized spacial score (nSPS) is 13.1. The molecule has 0 aliphatic heterocycles. The van der Waals surface area contributed by atoms with E-state index in [1.54, 1.807) is 0 Å². The molecule has 0 aromatic heterocycles. The van der Waals surface area contributed by atoms with Crippen LogP contribution in [-0.4, -0.2) is 20.4 Å². The Morgan fingerprint density at radius 3 is 2.11 bits per heavy atom. The maximum atomic E-state index is 11.2. The quantitative estimate of drug-likeness (QED) is 0.786. The van der Waals surface area contributed by atoms with E-state index >= 15 is 0 Å². The van der Waals surface area contributed by atoms with Gasteiger partial charge in [0.25, 0.3) is 5.91 Å². The number of rotatable bonds is 4. The van der Waals surface area contributed by atoms with E-state index in [4.69, 9.17) is 15.6 Å². The zero-order valence-electron chi connectivity index (χ0n) is 9.18. The summed E-state index contributed by atoms with van der Waals surface area (Å²) in [5.41, 5.74) is 5.07. The minimum atomic E-state index is -3.82. The van der Waals surface area contributed by atoms with Gasteiger partial charge in [0, 0.05) is 0 Å². The molecule has 6 nitrogen and oxygen atoms in total. The van der Waals surface area contributed by atoms with Gasteiger partial charge in [-0.3, -0.25) is 4.79 Å². The van der Waals surface area contributed by atoms with Crippen LogP contribution >= 0.6 is 31.9 Å². The molecular weight excluding hydrogens is 392 g/mol. The molecule has 0 fully saturated rings. The molecule has 4 N–H and O–H groups in total. The van der Waals surface area contributed by atoms with Crippen molar-refractivity contribution in [3.63, 3.8) is 0 Å². The van der Waals surface area contributed by atoms with Crippen molar-refractivity contribution in [1.82, 2.24) is 0 Å². The van der Waals surface area contributed by atoms with Crippen molar-refractivity contribution >= 4 is 47.8 Å². The average molecular weight is 402 g/mol. The number of ether oxygens (including phenoxy) is 1. The van der Waals surface area contributed by atoms with Gasteiger partial charge < -0.3 is 10.5 Å². The summed E-state index contributed by atoms with van der Waals surface area (Å²) >= 11 is 6.28. The van der Waals surface area contributed by atoms with Crippen molar-refractivity contribution in [1.29, 1.82) is 0 Å². The van der Waals surface area contributed by atoms with Crippen molar-refractivity contribution in [2.24, 2.45) is 10.9 Å². The lowest BCUT2D eigenvalue weighted by molar-refractivity contribution is -0.124. The number of amides is 1. The Hall–Kier alpha value is -0.640. The lowest BCUT2D eigenvalue weighted by Gasteiger charge is -2.15. The minimum Gasteiger partial charge on any atom is -0.479 e. The molecule has 18 heavy (non-hydrogen) atoms. The minimum absolute atomic E-state index is 0.0830. The molecule has 0 radical (unpaired) electrons. The highest BCUT2D eigenvalue weighted by Gasteiger charge is 2.18. The van der Waals surface area contributed by atoms with Crippen LogP contribution in [0.15, 0.2) is 26.0 Å². The lowest BCUT2D eigenvalue weighted by Crippen LogP contribution is -2.30. The molecule has 1 atom stereocenters. The molecule has 0 heterocycles. The van der Waals surface area contributed by atoms with E-state index in [1.807, 2.05) is 0 Å². The van der Waals surface area contributed by atoms with E-state index in [0.29, 0.717) is 8.95 Å². The number of carbonyl (C=O) groups is 1. The molecule has 1 aromatic carbocycles. The highest BCUT2D eigenvalue weighted by molar-refractivity contribution is 9.11. The molecule has 0 saturated heterocycles. The number of halogens is 2. The van der Waals surface area contributed by atoms with E-state index < -0.39 is 22.0 Å². The van der Waals surface area contributed by atoms with Gasteiger partial charge in [0.05, 0.1) is 13.8 Å². The van der Waals surface area contributed by atoms with E-state index in [-0.39, 0.29) is 10.6 Å². The van der Waals surface area contributed by atoms with E-state index in [1.165, 1.54) is 19.1 Å². The first-order chi connectivity index (χ1) is 8.12. The SMILES string of the molecule is CC(Oc1c(Br)cc(S(N)(=O)=O)cc1Br)C(N)=O. The van der Waals surface area contributed by atoms with Gasteiger partial charge >= 0.3 is 0 Å². The lowest BCUT2D eigenvalue weighted by atomic mass is 10.3. The molecule has 1 aromatic rings. The van der Waals surface area contributed by atoms with E-state index in [9.17, 15) is 13.2 Å². The maximum Gasteiger partial charge on any atom is 0.258 e. The van der Waals surface area contributed by atoms with Crippen molar-refractivity contribution < 1.29 is 17.9 Å². The Balaban J connectivity index is 3.21. The summed E-state index contributed by atoms with van der Waals surface area (Å²) in [6.45, 7) is 1.48. The first-order valence-electron chi connectivity index (χ1n) is 4.60. The average Bonchev–Trinajstić information content (AvgIpc) is 2.21. The standard InChI is InChI=1S/C9H10Br2N2O4S/c1-4(9(12)14)17-8-6(10)2-5(3-7(8)11)18(13,15)16/h2-4H,1H3,(H2,12,14)(H2,13,15,16). The Morgan fingerprint density at radius 1 is 1.33 bits per heavy atom. The second-order valence-corrected chi connectivity index (χ2v) is 6.69. The number of nitrogens with two attached hydrogens (primary N) is 2. The number of benzene rings is 1. The van der Waals surface area contributed by atoms with Crippen LogP contribution < -0.4 is 15.6 Å². The highest BCUT2D eigenvalue weighted by Crippen LogP contribution is 2.36. The molecule has 0 aliphatic carbocycles. The second kappa shape index (κ2) is 5.55. The van der Waals surface area contributed by atoms with Crippen LogP contribution in [0, 0.1) is 0 Å². The van der Waals surface area contributed by atoms with Gasteiger partial charge in [-0.25, -0.2) is 13.6 Å². The molecular formula is C9H10Br2N2O4S. The number of hydrogen-bond donors (Lipinski definition) is 2. The number of hydrogen-bond acceptors (Lipinski definition) is 4. The molecule has 9 heteroatoms. The van der Waals surface area contributed by atoms with Crippen LogP contribution in [0.5, 0.6) is 5.75 Å². The van der Waals surface area contributed by atoms with Crippen LogP contribution in [0.3, 0.4) is 0 Å². The second-order valence-electron chi connectivity index (χ2n) is 3.42. The van der Waals surface area contributed by atoms with Crippen LogP contribution in [0.2, 0.25) is 0 Å². The molecule has 0 bridgehead atoms. The van der Waals surface area contributed by atoms with Gasteiger partial charge in [-0.1, -0.05) is 0 Å². The summed E-state index contributed by atoms with van der Waals surface area (Å²) in [6, 6.07) is 2.56. The van der Waals surface area contributed by atoms with Crippen molar-refractivity contribution in [2.75, 3.05) is 0 Å². The zero-order valence-corrected chi connectivity index (χ0v) is 13.2. The van der Waals surface area contributed by atoms with E-state index in [0.717, 1.165) is 0 Å². The fourth-order valence-electron chi connectivity index (χ4n) is 1.05. The fourth-order valence-corrected chi connectivity index (χ4v) is 3.29. The zero-order chi connectivity index (χ0) is 14.1. The van der Waals surface area contributed by atoms with E-state index in [2.05, 4.69) is 31.9 Å². The number of carbonyl (C=O) groups excluding carboxylic acids is 1. The Bertz CT molecular complexity index is 565. The summed E-state index contributed by atoms with van der Waals surface area (Å²) in [4.78, 5) is 10.8. The van der Waals surface area contributed by atoms with Crippen LogP contribution in [0.25, 0.3) is 0 Å². The van der Waals surface area contributed by atoms with Crippen molar-refractivity contribution in [3.8, 4) is 5.75 Å². The summed E-state index contributed by atoms with van der Waals surface area (Å²) in [6.07, 6.45) is -0.849. The van der Waals surface area contributed by atoms with Gasteiger partial charge in [0.2, 0.25) is 10.0 Å². The maximum absolute atomic E-state index is 11.2. The molecule has 1 rings (SSSR count). The Morgan fingerprint density at radius 2 is 1.78 bits per heavy atom. The Labute approximate surface area is 121 Å². The highest BCUT2D eigenvalue weighted by atomic mass is 79.9. The van der Waals surface area contributed by atoms with Crippen LogP contribution in [-0.2, 0) is 14.8 Å². The smallest absolute Gasteiger partial charge is 0.258 e. The first kappa shape index (κ1) is 15.4. The molecule has 0 aliphatic rings. The molecule has 100 valence electrons. The molecule has 0 spiro atoms. The third-order valence-corrected chi connectivity index (χ3v) is 4.07. The summed E-state index contributed by atoms with van der Waals surface area (Å²) < 4.78 is 28.4. The van der Waals surface area contributed by atoms with Crippen LogP contribution in [0.4, 0.5) is 0 Å². The summed E-state index contributed by atoms with van der Waals surface area (Å²) in [5.74, 6) is -0.363. The Kier molecular flexibility index (Phi) is 4.76. The van der Waals surface area contributed by atoms with Crippen molar-refractivity contribution in [2.45, 2.75) is 17.9 Å². The third kappa shape index (κ3) is 3.67. The first-order valence-corrected chi connectivity index (χ1v) is 7.74. The molecule has 1 unspecified atom stereocenters. The monoisotopic (exact) mass is 400 g/mol. The van der Waals surface area contributed by atoms with Gasteiger partial charge in [-0.15, -0.1) is 0 Å². The number of primary sulfonamides is 1. The predicted octanol–water partition coefficient (Wildman–Crippen LogP) is 1.11. The van der Waals surface area contributed by atoms with Crippen molar-refractivity contribution in [3.05, 3.63) is 21.1 Å². The number of sulfonamides is 1. The third-order valence-electron chi connectivity index (χ3n) is 2.00. The molecule has 1 amide bonds. The van der Waals surface area contributed by atoms with Gasteiger partial charge in [0.1, 0.15) is 5.75 Å². The van der Waals surface area contributed by atoms with Gasteiger partial charge in [-0.2, -0.15) is 0 Å².